The van der Waals surface area contributed by atoms with Gasteiger partial charge in [-0.3, -0.25) is 4.99 Å². The minimum atomic E-state index is 0.534. The Morgan fingerprint density at radius 3 is 2.96 bits per heavy atom. The Hall–Kier alpha value is -1.75. The Balaban J connectivity index is 2.04. The zero-order valence-corrected chi connectivity index (χ0v) is 14.6. The lowest BCUT2D eigenvalue weighted by Crippen LogP contribution is -2.40. The first-order valence-electron chi connectivity index (χ1n) is 8.40. The van der Waals surface area contributed by atoms with Crippen molar-refractivity contribution in [2.24, 2.45) is 4.99 Å². The zero-order valence-electron chi connectivity index (χ0n) is 14.6. The molecule has 0 amide bonds. The van der Waals surface area contributed by atoms with Gasteiger partial charge < -0.3 is 19.4 Å². The van der Waals surface area contributed by atoms with Gasteiger partial charge >= 0.3 is 0 Å². The molecule has 0 aromatic carbocycles. The molecule has 0 aliphatic carbocycles. The third-order valence-corrected chi connectivity index (χ3v) is 3.55. The van der Waals surface area contributed by atoms with Gasteiger partial charge in [-0.2, -0.15) is 0 Å². The predicted molar refractivity (Wildman–Crippen MR) is 95.6 cm³/mol. The number of rotatable bonds is 12. The predicted octanol–water partition coefficient (Wildman–Crippen LogP) is 3.44. The van der Waals surface area contributed by atoms with Crippen molar-refractivity contribution in [3.8, 4) is 0 Å². The second kappa shape index (κ2) is 12.8. The minimum Gasteiger partial charge on any atom is -0.467 e. The average Bonchev–Trinajstić information content (AvgIpc) is 3.07. The second-order valence-corrected chi connectivity index (χ2v) is 5.52. The molecule has 0 bridgehead atoms. The van der Waals surface area contributed by atoms with Crippen molar-refractivity contribution >= 4 is 5.96 Å². The molecule has 0 aliphatic rings. The van der Waals surface area contributed by atoms with Gasteiger partial charge in [0.25, 0.3) is 0 Å². The highest BCUT2D eigenvalue weighted by atomic mass is 16.5. The van der Waals surface area contributed by atoms with Crippen LogP contribution in [0.3, 0.4) is 0 Å². The van der Waals surface area contributed by atoms with Crippen LogP contribution in [0.5, 0.6) is 0 Å². The molecule has 1 heterocycles. The smallest absolute Gasteiger partial charge is 0.193 e. The first kappa shape index (κ1) is 19.3. The molecule has 0 unspecified atom stereocenters. The second-order valence-electron chi connectivity index (χ2n) is 5.52. The van der Waals surface area contributed by atoms with E-state index >= 15 is 0 Å². The number of guanidine groups is 1. The van der Waals surface area contributed by atoms with E-state index in [1.165, 1.54) is 19.3 Å². The van der Waals surface area contributed by atoms with Crippen molar-refractivity contribution in [3.63, 3.8) is 0 Å². The molecular formula is C18H31N3O2. The highest BCUT2D eigenvalue weighted by Gasteiger charge is 2.04. The fourth-order valence-electron chi connectivity index (χ4n) is 2.25. The van der Waals surface area contributed by atoms with E-state index in [9.17, 15) is 0 Å². The molecule has 1 aromatic rings. The van der Waals surface area contributed by atoms with E-state index in [1.807, 2.05) is 25.3 Å². The quantitative estimate of drug-likeness (QED) is 0.277. The topological polar surface area (TPSA) is 50.0 Å². The van der Waals surface area contributed by atoms with Crippen LogP contribution >= 0.6 is 0 Å². The summed E-state index contributed by atoms with van der Waals surface area (Å²) >= 11 is 0. The van der Waals surface area contributed by atoms with Crippen LogP contribution in [0.25, 0.3) is 0 Å². The lowest BCUT2D eigenvalue weighted by atomic mass is 10.2. The van der Waals surface area contributed by atoms with E-state index in [0.29, 0.717) is 13.2 Å². The summed E-state index contributed by atoms with van der Waals surface area (Å²) in [5.41, 5.74) is 0. The van der Waals surface area contributed by atoms with Crippen molar-refractivity contribution < 1.29 is 9.15 Å². The van der Waals surface area contributed by atoms with E-state index in [1.54, 1.807) is 6.26 Å². The van der Waals surface area contributed by atoms with Gasteiger partial charge in [0, 0.05) is 33.8 Å². The van der Waals surface area contributed by atoms with Crippen molar-refractivity contribution in [1.29, 1.82) is 0 Å². The fourth-order valence-corrected chi connectivity index (χ4v) is 2.25. The maximum absolute atomic E-state index is 5.56. The zero-order chi connectivity index (χ0) is 16.8. The summed E-state index contributed by atoms with van der Waals surface area (Å²) in [6.45, 7) is 6.86. The Labute approximate surface area is 140 Å². The number of allylic oxidation sites excluding steroid dienone is 1. The van der Waals surface area contributed by atoms with Crippen LogP contribution in [0.4, 0.5) is 0 Å². The molecule has 0 saturated heterocycles. The van der Waals surface area contributed by atoms with Gasteiger partial charge in [0.05, 0.1) is 6.26 Å². The minimum absolute atomic E-state index is 0.534. The Bertz CT molecular complexity index is 429. The van der Waals surface area contributed by atoms with Gasteiger partial charge in [0.1, 0.15) is 12.4 Å². The molecule has 5 heteroatoms. The lowest BCUT2D eigenvalue weighted by molar-refractivity contribution is 0.104. The van der Waals surface area contributed by atoms with Crippen LogP contribution in [-0.4, -0.2) is 44.7 Å². The molecule has 1 N–H and O–H groups in total. The molecule has 23 heavy (non-hydrogen) atoms. The fraction of sp³-hybridized carbons (Fsp3) is 0.611. The summed E-state index contributed by atoms with van der Waals surface area (Å²) in [5.74, 6) is 1.81. The third kappa shape index (κ3) is 9.08. The summed E-state index contributed by atoms with van der Waals surface area (Å²) in [6.07, 6.45) is 9.32. The van der Waals surface area contributed by atoms with E-state index in [-0.39, 0.29) is 0 Å². The molecule has 0 fully saturated rings. The first-order valence-corrected chi connectivity index (χ1v) is 8.40. The Kier molecular flexibility index (Phi) is 10.7. The summed E-state index contributed by atoms with van der Waals surface area (Å²) < 4.78 is 10.8. The maximum atomic E-state index is 5.56. The number of unbranched alkanes of at least 4 members (excludes halogenated alkanes) is 3. The summed E-state index contributed by atoms with van der Waals surface area (Å²) in [7, 11) is 3.90. The van der Waals surface area contributed by atoms with Gasteiger partial charge in [0.15, 0.2) is 5.96 Å². The van der Waals surface area contributed by atoms with Crippen molar-refractivity contribution in [2.75, 3.05) is 33.8 Å². The lowest BCUT2D eigenvalue weighted by Gasteiger charge is -2.22. The number of nitrogens with zero attached hydrogens (tertiary/aromatic N) is 2. The maximum Gasteiger partial charge on any atom is 0.193 e. The number of ether oxygens (including phenoxy) is 1. The summed E-state index contributed by atoms with van der Waals surface area (Å²) in [6, 6.07) is 3.79. The van der Waals surface area contributed by atoms with Crippen LogP contribution in [-0.2, 0) is 11.3 Å². The molecule has 1 aromatic heterocycles. The highest BCUT2D eigenvalue weighted by molar-refractivity contribution is 5.79. The number of aliphatic imine (C=N–C) groups is 1. The Morgan fingerprint density at radius 2 is 2.26 bits per heavy atom. The largest absolute Gasteiger partial charge is 0.467 e. The van der Waals surface area contributed by atoms with Gasteiger partial charge in [-0.15, -0.1) is 6.58 Å². The van der Waals surface area contributed by atoms with Crippen molar-refractivity contribution in [3.05, 3.63) is 36.8 Å². The summed E-state index contributed by atoms with van der Waals surface area (Å²) in [4.78, 5) is 6.50. The van der Waals surface area contributed by atoms with Crippen LogP contribution in [0.2, 0.25) is 0 Å². The third-order valence-electron chi connectivity index (χ3n) is 3.55. The van der Waals surface area contributed by atoms with Crippen LogP contribution < -0.4 is 5.32 Å². The molecule has 0 aliphatic heterocycles. The number of furan rings is 1. The monoisotopic (exact) mass is 321 g/mol. The average molecular weight is 321 g/mol. The standard InChI is InChI=1S/C18H31N3O2/c1-4-5-6-7-8-13-21(3)18(19-2)20-12-10-14-22-16-17-11-9-15-23-17/h4,9,11,15H,1,5-8,10,12-14,16H2,2-3H3,(H,19,20). The summed E-state index contributed by atoms with van der Waals surface area (Å²) in [5, 5.41) is 3.37. The van der Waals surface area contributed by atoms with Crippen LogP contribution in [0.1, 0.15) is 37.9 Å². The molecule has 5 nitrogen and oxygen atoms in total. The van der Waals surface area contributed by atoms with E-state index in [0.717, 1.165) is 37.7 Å². The number of hydrogen-bond acceptors (Lipinski definition) is 3. The van der Waals surface area contributed by atoms with E-state index in [4.69, 9.17) is 9.15 Å². The van der Waals surface area contributed by atoms with E-state index < -0.39 is 0 Å². The van der Waals surface area contributed by atoms with E-state index in [2.05, 4.69) is 28.8 Å². The van der Waals surface area contributed by atoms with Crippen molar-refractivity contribution in [1.82, 2.24) is 10.2 Å². The number of nitrogens with one attached hydrogen (secondary N) is 1. The normalized spacial score (nSPS) is 11.5. The Morgan fingerprint density at radius 1 is 1.39 bits per heavy atom. The molecule has 0 atom stereocenters. The van der Waals surface area contributed by atoms with Gasteiger partial charge in [0.2, 0.25) is 0 Å². The first-order chi connectivity index (χ1) is 11.3. The molecule has 0 saturated carbocycles. The van der Waals surface area contributed by atoms with Gasteiger partial charge in [-0.05, 0) is 37.8 Å². The molecule has 1 rings (SSSR count). The highest BCUT2D eigenvalue weighted by Crippen LogP contribution is 2.02. The van der Waals surface area contributed by atoms with Crippen molar-refractivity contribution in [2.45, 2.75) is 38.7 Å². The van der Waals surface area contributed by atoms with Crippen LogP contribution in [0, 0.1) is 0 Å². The molecule has 0 spiro atoms. The number of hydrogen-bond donors (Lipinski definition) is 1. The molecule has 130 valence electrons. The van der Waals surface area contributed by atoms with Gasteiger partial charge in [-0.25, -0.2) is 0 Å². The van der Waals surface area contributed by atoms with Crippen LogP contribution in [0.15, 0.2) is 40.5 Å². The molecular weight excluding hydrogens is 290 g/mol. The molecule has 0 radical (unpaired) electrons. The SMILES string of the molecule is C=CCCCCCN(C)C(=NC)NCCCOCc1ccco1. The van der Waals surface area contributed by atoms with Gasteiger partial charge in [-0.1, -0.05) is 12.5 Å².